The molecule has 1 fully saturated rings. The summed E-state index contributed by atoms with van der Waals surface area (Å²) in [6, 6.07) is 8.72. The van der Waals surface area contributed by atoms with Crippen LogP contribution in [-0.4, -0.2) is 82.7 Å². The van der Waals surface area contributed by atoms with Crippen LogP contribution in [0, 0.1) is 5.92 Å². The second-order valence-electron chi connectivity index (χ2n) is 7.91. The quantitative estimate of drug-likeness (QED) is 0.710. The first-order valence-corrected chi connectivity index (χ1v) is 9.98. The predicted octanol–water partition coefficient (Wildman–Crippen LogP) is 1.25. The van der Waals surface area contributed by atoms with Gasteiger partial charge >= 0.3 is 0 Å². The number of carbonyl (C=O) groups is 2. The van der Waals surface area contributed by atoms with Crippen molar-refractivity contribution < 1.29 is 19.8 Å². The van der Waals surface area contributed by atoms with Gasteiger partial charge in [0, 0.05) is 51.9 Å². The summed E-state index contributed by atoms with van der Waals surface area (Å²) in [6.45, 7) is 10.1. The minimum atomic E-state index is -0.250. The number of hydrogen-bond acceptors (Lipinski definition) is 5. The number of benzene rings is 1. The van der Waals surface area contributed by atoms with Crippen molar-refractivity contribution in [2.24, 2.45) is 5.92 Å². The van der Waals surface area contributed by atoms with Crippen LogP contribution >= 0.6 is 0 Å². The van der Waals surface area contributed by atoms with Gasteiger partial charge in [0.15, 0.2) is 0 Å². The largest absolute Gasteiger partial charge is 0.483 e. The second-order valence-corrected chi connectivity index (χ2v) is 7.91. The van der Waals surface area contributed by atoms with E-state index in [0.717, 1.165) is 45.7 Å². The number of carbonyl (C=O) groups excluding carboxylic acids is 1. The molecule has 0 saturated carbocycles. The Kier molecular flexibility index (Phi) is 8.89. The fourth-order valence-corrected chi connectivity index (χ4v) is 4.06. The maximum Gasteiger partial charge on any atom is 0.290 e. The first kappa shape index (κ1) is 22.3. The first-order chi connectivity index (χ1) is 13.5. The van der Waals surface area contributed by atoms with Crippen molar-refractivity contribution in [2.45, 2.75) is 39.4 Å². The van der Waals surface area contributed by atoms with Gasteiger partial charge < -0.3 is 15.1 Å². The predicted molar refractivity (Wildman–Crippen MR) is 108 cm³/mol. The van der Waals surface area contributed by atoms with Crippen LogP contribution in [0.2, 0.25) is 0 Å². The van der Waals surface area contributed by atoms with E-state index < -0.39 is 0 Å². The van der Waals surface area contributed by atoms with Gasteiger partial charge in [-0.25, -0.2) is 0 Å². The van der Waals surface area contributed by atoms with Crippen LogP contribution in [-0.2, 0) is 22.7 Å². The molecule has 1 atom stereocenters. The Balaban J connectivity index is 0.000000878. The molecule has 1 saturated heterocycles. The van der Waals surface area contributed by atoms with Crippen molar-refractivity contribution in [3.05, 3.63) is 35.4 Å². The van der Waals surface area contributed by atoms with E-state index in [2.05, 4.69) is 47.9 Å². The molecule has 1 aromatic carbocycles. The van der Waals surface area contributed by atoms with Crippen LogP contribution in [0.4, 0.5) is 0 Å². The molecule has 0 spiro atoms. The lowest BCUT2D eigenvalue weighted by molar-refractivity contribution is -0.136. The van der Waals surface area contributed by atoms with E-state index in [1.165, 1.54) is 11.1 Å². The Hall–Kier alpha value is -1.96. The Morgan fingerprint density at radius 2 is 1.82 bits per heavy atom. The summed E-state index contributed by atoms with van der Waals surface area (Å²) in [5.41, 5.74) is 2.69. The van der Waals surface area contributed by atoms with Crippen molar-refractivity contribution >= 4 is 12.4 Å². The Labute approximate surface area is 167 Å². The number of carboxylic acid groups (broad SMARTS) is 1. The van der Waals surface area contributed by atoms with Crippen LogP contribution in [0.25, 0.3) is 0 Å². The van der Waals surface area contributed by atoms with E-state index in [0.29, 0.717) is 12.5 Å². The smallest absolute Gasteiger partial charge is 0.290 e. The van der Waals surface area contributed by atoms with Gasteiger partial charge in [0.1, 0.15) is 0 Å². The Bertz CT molecular complexity index is 613. The van der Waals surface area contributed by atoms with Crippen LogP contribution in [0.15, 0.2) is 24.3 Å². The third kappa shape index (κ3) is 6.29. The van der Waals surface area contributed by atoms with Crippen molar-refractivity contribution in [1.82, 2.24) is 14.7 Å². The standard InChI is InChI=1S/C20H31N3O2.CH2O2/c1-16(2)11-22-8-9-23(14-19(22)7-10-24)20(25)15-21-12-17-5-3-4-6-18(17)13-21;2-1-3/h3-6,16,19,24H,7-15H2,1-2H3;1H,(H,2,3). The highest BCUT2D eigenvalue weighted by molar-refractivity contribution is 5.78. The van der Waals surface area contributed by atoms with E-state index in [4.69, 9.17) is 9.90 Å². The summed E-state index contributed by atoms with van der Waals surface area (Å²) >= 11 is 0. The van der Waals surface area contributed by atoms with E-state index in [-0.39, 0.29) is 25.0 Å². The third-order valence-electron chi connectivity index (χ3n) is 5.28. The summed E-state index contributed by atoms with van der Waals surface area (Å²) in [6.07, 6.45) is 0.742. The molecule has 0 bridgehead atoms. The van der Waals surface area contributed by atoms with Crippen molar-refractivity contribution in [3.63, 3.8) is 0 Å². The van der Waals surface area contributed by atoms with Gasteiger partial charge in [-0.05, 0) is 23.5 Å². The summed E-state index contributed by atoms with van der Waals surface area (Å²) in [4.78, 5) is 27.8. The fraction of sp³-hybridized carbons (Fsp3) is 0.619. The van der Waals surface area contributed by atoms with Gasteiger partial charge in [-0.15, -0.1) is 0 Å². The van der Waals surface area contributed by atoms with Crippen LogP contribution in [0.5, 0.6) is 0 Å². The molecule has 28 heavy (non-hydrogen) atoms. The molecule has 7 heteroatoms. The molecule has 3 rings (SSSR count). The number of hydrogen-bond donors (Lipinski definition) is 2. The monoisotopic (exact) mass is 391 g/mol. The summed E-state index contributed by atoms with van der Waals surface area (Å²) in [5, 5.41) is 16.3. The molecule has 7 nitrogen and oxygen atoms in total. The maximum atomic E-state index is 12.8. The molecule has 1 amide bonds. The second kappa shape index (κ2) is 11.1. The average molecular weight is 392 g/mol. The lowest BCUT2D eigenvalue weighted by atomic mass is 10.1. The number of rotatable bonds is 6. The van der Waals surface area contributed by atoms with Crippen LogP contribution < -0.4 is 0 Å². The molecule has 2 aliphatic heterocycles. The molecular formula is C21H33N3O4. The van der Waals surface area contributed by atoms with E-state index in [1.807, 2.05) is 4.90 Å². The minimum Gasteiger partial charge on any atom is -0.483 e. The summed E-state index contributed by atoms with van der Waals surface area (Å²) in [5.74, 6) is 0.825. The number of amides is 1. The SMILES string of the molecule is CC(C)CN1CCN(C(=O)CN2Cc3ccccc3C2)CC1CCO.O=CO. The van der Waals surface area contributed by atoms with Crippen LogP contribution in [0.3, 0.4) is 0 Å². The molecule has 2 N–H and O–H groups in total. The fourth-order valence-electron chi connectivity index (χ4n) is 4.06. The molecule has 0 aromatic heterocycles. The highest BCUT2D eigenvalue weighted by Gasteiger charge is 2.30. The molecular weight excluding hydrogens is 358 g/mol. The minimum absolute atomic E-state index is 0.183. The zero-order valence-corrected chi connectivity index (χ0v) is 17.0. The average Bonchev–Trinajstić information content (AvgIpc) is 3.05. The van der Waals surface area contributed by atoms with Crippen LogP contribution in [0.1, 0.15) is 31.4 Å². The topological polar surface area (TPSA) is 84.3 Å². The lowest BCUT2D eigenvalue weighted by Gasteiger charge is -2.42. The van der Waals surface area contributed by atoms with Crippen molar-refractivity contribution in [2.75, 3.05) is 39.3 Å². The Morgan fingerprint density at radius 3 is 2.36 bits per heavy atom. The highest BCUT2D eigenvalue weighted by atomic mass is 16.3. The molecule has 2 heterocycles. The van der Waals surface area contributed by atoms with Crippen molar-refractivity contribution in [3.8, 4) is 0 Å². The zero-order valence-electron chi connectivity index (χ0n) is 17.0. The number of aliphatic hydroxyl groups excluding tert-OH is 1. The normalized spacial score (nSPS) is 19.9. The first-order valence-electron chi connectivity index (χ1n) is 9.98. The molecule has 156 valence electrons. The highest BCUT2D eigenvalue weighted by Crippen LogP contribution is 2.22. The van der Waals surface area contributed by atoms with Gasteiger partial charge in [-0.2, -0.15) is 0 Å². The van der Waals surface area contributed by atoms with Gasteiger partial charge in [0.05, 0.1) is 6.54 Å². The number of nitrogens with zero attached hydrogens (tertiary/aromatic N) is 3. The van der Waals surface area contributed by atoms with E-state index >= 15 is 0 Å². The molecule has 1 unspecified atom stereocenters. The number of fused-ring (bicyclic) bond motifs is 1. The maximum absolute atomic E-state index is 12.8. The molecule has 2 aliphatic rings. The van der Waals surface area contributed by atoms with E-state index in [9.17, 15) is 9.90 Å². The summed E-state index contributed by atoms with van der Waals surface area (Å²) < 4.78 is 0. The van der Waals surface area contributed by atoms with Gasteiger partial charge in [0.25, 0.3) is 6.47 Å². The molecule has 0 aliphatic carbocycles. The van der Waals surface area contributed by atoms with Gasteiger partial charge in [0.2, 0.25) is 5.91 Å². The number of piperazine rings is 1. The van der Waals surface area contributed by atoms with E-state index in [1.54, 1.807) is 0 Å². The summed E-state index contributed by atoms with van der Waals surface area (Å²) in [7, 11) is 0. The Morgan fingerprint density at radius 1 is 1.21 bits per heavy atom. The zero-order chi connectivity index (χ0) is 20.5. The van der Waals surface area contributed by atoms with Crippen molar-refractivity contribution in [1.29, 1.82) is 0 Å². The van der Waals surface area contributed by atoms with Gasteiger partial charge in [-0.3, -0.25) is 19.4 Å². The van der Waals surface area contributed by atoms with Gasteiger partial charge in [-0.1, -0.05) is 38.1 Å². The lowest BCUT2D eigenvalue weighted by Crippen LogP contribution is -2.56. The molecule has 0 radical (unpaired) electrons. The molecule has 1 aromatic rings. The third-order valence-corrected chi connectivity index (χ3v) is 5.28. The number of aliphatic hydroxyl groups is 1.